The van der Waals surface area contributed by atoms with E-state index in [9.17, 15) is 10.1 Å². The van der Waals surface area contributed by atoms with Gasteiger partial charge in [0.2, 0.25) is 0 Å². The molecule has 33 heavy (non-hydrogen) atoms. The second kappa shape index (κ2) is 9.76. The molecular formula is C25H27N5O3. The van der Waals surface area contributed by atoms with Gasteiger partial charge in [0.05, 0.1) is 37.3 Å². The first-order valence-corrected chi connectivity index (χ1v) is 10.9. The maximum atomic E-state index is 13.5. The summed E-state index contributed by atoms with van der Waals surface area (Å²) in [6.07, 6.45) is 0. The topological polar surface area (TPSA) is 83.6 Å². The summed E-state index contributed by atoms with van der Waals surface area (Å²) in [7, 11) is 3.48. The molecule has 0 spiro atoms. The summed E-state index contributed by atoms with van der Waals surface area (Å²) in [6, 6.07) is 17.1. The van der Waals surface area contributed by atoms with Gasteiger partial charge in [0, 0.05) is 37.9 Å². The first-order valence-electron chi connectivity index (χ1n) is 10.9. The average Bonchev–Trinajstić information content (AvgIpc) is 2.88. The molecule has 0 saturated carbocycles. The SMILES string of the molecule is CCN(C)c1cc(-c2cccc(OC)c2)nn(-c2cc(N3CCOCC3)ccc2C#N)c1=O. The van der Waals surface area contributed by atoms with Crippen LogP contribution in [-0.2, 0) is 4.74 Å². The molecule has 0 N–H and O–H groups in total. The largest absolute Gasteiger partial charge is 0.497 e. The van der Waals surface area contributed by atoms with Crippen LogP contribution in [0.4, 0.5) is 11.4 Å². The minimum absolute atomic E-state index is 0.276. The van der Waals surface area contributed by atoms with Gasteiger partial charge in [-0.1, -0.05) is 12.1 Å². The van der Waals surface area contributed by atoms with Crippen LogP contribution < -0.4 is 20.1 Å². The number of aromatic nitrogens is 2. The molecule has 0 amide bonds. The Morgan fingerprint density at radius 3 is 2.67 bits per heavy atom. The van der Waals surface area contributed by atoms with Crippen LogP contribution >= 0.6 is 0 Å². The van der Waals surface area contributed by atoms with Gasteiger partial charge in [0.25, 0.3) is 5.56 Å². The summed E-state index contributed by atoms with van der Waals surface area (Å²) in [4.78, 5) is 17.6. The number of nitrogens with zero attached hydrogens (tertiary/aromatic N) is 5. The van der Waals surface area contributed by atoms with Gasteiger partial charge in [-0.2, -0.15) is 15.0 Å². The Balaban J connectivity index is 1.92. The van der Waals surface area contributed by atoms with E-state index < -0.39 is 0 Å². The molecule has 0 radical (unpaired) electrons. The molecule has 4 rings (SSSR count). The quantitative estimate of drug-likeness (QED) is 0.577. The average molecular weight is 446 g/mol. The summed E-state index contributed by atoms with van der Waals surface area (Å²) in [5.74, 6) is 0.699. The van der Waals surface area contributed by atoms with Crippen molar-refractivity contribution in [3.05, 3.63) is 64.4 Å². The fourth-order valence-electron chi connectivity index (χ4n) is 3.82. The Bertz CT molecular complexity index is 1240. The molecule has 2 heterocycles. The number of anilines is 2. The highest BCUT2D eigenvalue weighted by Gasteiger charge is 2.19. The van der Waals surface area contributed by atoms with E-state index in [4.69, 9.17) is 9.47 Å². The van der Waals surface area contributed by atoms with Crippen molar-refractivity contribution in [1.29, 1.82) is 5.26 Å². The van der Waals surface area contributed by atoms with Crippen molar-refractivity contribution in [1.82, 2.24) is 9.78 Å². The predicted molar refractivity (Wildman–Crippen MR) is 129 cm³/mol. The van der Waals surface area contributed by atoms with Crippen LogP contribution in [0.2, 0.25) is 0 Å². The van der Waals surface area contributed by atoms with Gasteiger partial charge in [-0.05, 0) is 43.3 Å². The lowest BCUT2D eigenvalue weighted by molar-refractivity contribution is 0.122. The highest BCUT2D eigenvalue weighted by molar-refractivity contribution is 5.67. The van der Waals surface area contributed by atoms with E-state index in [0.717, 1.165) is 24.3 Å². The van der Waals surface area contributed by atoms with Gasteiger partial charge in [-0.15, -0.1) is 0 Å². The normalized spacial score (nSPS) is 13.5. The van der Waals surface area contributed by atoms with Gasteiger partial charge in [0.15, 0.2) is 0 Å². The van der Waals surface area contributed by atoms with Crippen LogP contribution in [0.25, 0.3) is 16.9 Å². The Morgan fingerprint density at radius 1 is 1.18 bits per heavy atom. The molecule has 8 nitrogen and oxygen atoms in total. The van der Waals surface area contributed by atoms with E-state index in [2.05, 4.69) is 16.1 Å². The molecule has 1 aromatic heterocycles. The second-order valence-corrected chi connectivity index (χ2v) is 7.79. The lowest BCUT2D eigenvalue weighted by Crippen LogP contribution is -2.36. The predicted octanol–water partition coefficient (Wildman–Crippen LogP) is 3.07. The smallest absolute Gasteiger partial charge is 0.295 e. The summed E-state index contributed by atoms with van der Waals surface area (Å²) < 4.78 is 12.2. The van der Waals surface area contributed by atoms with E-state index in [1.165, 1.54) is 4.68 Å². The summed E-state index contributed by atoms with van der Waals surface area (Å²) in [5, 5.41) is 14.5. The van der Waals surface area contributed by atoms with E-state index >= 15 is 0 Å². The van der Waals surface area contributed by atoms with Crippen LogP contribution in [0.3, 0.4) is 0 Å². The molecule has 0 unspecified atom stereocenters. The number of methoxy groups -OCH3 is 1. The number of hydrogen-bond acceptors (Lipinski definition) is 7. The van der Waals surface area contributed by atoms with Crippen LogP contribution in [0, 0.1) is 11.3 Å². The molecule has 170 valence electrons. The van der Waals surface area contributed by atoms with Crippen LogP contribution in [0.15, 0.2) is 53.3 Å². The number of benzene rings is 2. The van der Waals surface area contributed by atoms with Crippen molar-refractivity contribution in [2.45, 2.75) is 6.92 Å². The maximum absolute atomic E-state index is 13.5. The molecule has 2 aromatic carbocycles. The zero-order valence-electron chi connectivity index (χ0n) is 19.1. The first kappa shape index (κ1) is 22.4. The van der Waals surface area contributed by atoms with E-state index in [1.54, 1.807) is 19.2 Å². The maximum Gasteiger partial charge on any atom is 0.295 e. The standard InChI is InChI=1S/C25H27N5O3/c1-4-28(2)24-16-22(18-6-5-7-21(14-18)32-3)27-30(25(24)31)23-15-20(9-8-19(23)17-26)29-10-12-33-13-11-29/h5-9,14-16H,4,10-13H2,1-3H3. The summed E-state index contributed by atoms with van der Waals surface area (Å²) >= 11 is 0. The van der Waals surface area contributed by atoms with Crippen molar-refractivity contribution in [3.63, 3.8) is 0 Å². The van der Waals surface area contributed by atoms with E-state index in [0.29, 0.717) is 48.1 Å². The Morgan fingerprint density at radius 2 is 1.97 bits per heavy atom. The Labute approximate surface area is 193 Å². The number of morpholine rings is 1. The molecule has 0 bridgehead atoms. The second-order valence-electron chi connectivity index (χ2n) is 7.79. The zero-order chi connectivity index (χ0) is 23.4. The number of rotatable bonds is 6. The van der Waals surface area contributed by atoms with Crippen molar-refractivity contribution >= 4 is 11.4 Å². The highest BCUT2D eigenvalue weighted by atomic mass is 16.5. The number of ether oxygens (including phenoxy) is 2. The molecular weight excluding hydrogens is 418 g/mol. The third kappa shape index (κ3) is 4.54. The third-order valence-electron chi connectivity index (χ3n) is 5.85. The third-order valence-corrected chi connectivity index (χ3v) is 5.85. The minimum atomic E-state index is -0.276. The molecule has 1 aliphatic heterocycles. The zero-order valence-corrected chi connectivity index (χ0v) is 19.1. The van der Waals surface area contributed by atoms with E-state index in [1.807, 2.05) is 55.3 Å². The van der Waals surface area contributed by atoms with Crippen molar-refractivity contribution in [3.8, 4) is 28.8 Å². The fraction of sp³-hybridized carbons (Fsp3) is 0.320. The molecule has 3 aromatic rings. The van der Waals surface area contributed by atoms with E-state index in [-0.39, 0.29) is 5.56 Å². The highest BCUT2D eigenvalue weighted by Crippen LogP contribution is 2.27. The van der Waals surface area contributed by atoms with Crippen molar-refractivity contribution in [2.75, 3.05) is 56.8 Å². The molecule has 1 fully saturated rings. The Kier molecular flexibility index (Phi) is 6.61. The molecule has 0 atom stereocenters. The molecule has 1 aliphatic rings. The lowest BCUT2D eigenvalue weighted by atomic mass is 10.1. The van der Waals surface area contributed by atoms with Crippen LogP contribution in [0.1, 0.15) is 12.5 Å². The van der Waals surface area contributed by atoms with Crippen LogP contribution in [-0.4, -0.2) is 56.8 Å². The fourth-order valence-corrected chi connectivity index (χ4v) is 3.82. The molecule has 1 saturated heterocycles. The monoisotopic (exact) mass is 445 g/mol. The minimum Gasteiger partial charge on any atom is -0.497 e. The number of nitriles is 1. The van der Waals surface area contributed by atoms with Crippen molar-refractivity contribution < 1.29 is 9.47 Å². The van der Waals surface area contributed by atoms with Gasteiger partial charge in [-0.25, -0.2) is 0 Å². The van der Waals surface area contributed by atoms with Gasteiger partial charge < -0.3 is 19.3 Å². The van der Waals surface area contributed by atoms with Crippen molar-refractivity contribution in [2.24, 2.45) is 0 Å². The van der Waals surface area contributed by atoms with Gasteiger partial charge in [0.1, 0.15) is 17.5 Å². The van der Waals surface area contributed by atoms with Gasteiger partial charge >= 0.3 is 0 Å². The molecule has 8 heteroatoms. The Hall–Kier alpha value is -3.83. The summed E-state index contributed by atoms with van der Waals surface area (Å²) in [6.45, 7) is 5.42. The summed E-state index contributed by atoms with van der Waals surface area (Å²) in [5.41, 5.74) is 3.43. The van der Waals surface area contributed by atoms with Gasteiger partial charge in [-0.3, -0.25) is 4.79 Å². The lowest BCUT2D eigenvalue weighted by Gasteiger charge is -2.29. The first-order chi connectivity index (χ1) is 16.0. The molecule has 0 aliphatic carbocycles. The number of hydrogen-bond donors (Lipinski definition) is 0. The van der Waals surface area contributed by atoms with Crippen LogP contribution in [0.5, 0.6) is 5.75 Å².